The zero-order valence-corrected chi connectivity index (χ0v) is 14.2. The minimum Gasteiger partial charge on any atom is -0.378 e. The summed E-state index contributed by atoms with van der Waals surface area (Å²) in [5, 5.41) is 10.4. The number of hydrogen-bond donors (Lipinski definition) is 0. The van der Waals surface area contributed by atoms with Crippen LogP contribution in [0.15, 0.2) is 36.4 Å². The molecule has 0 N–H and O–H groups in total. The minimum absolute atomic E-state index is 0.444. The van der Waals surface area contributed by atoms with Gasteiger partial charge in [-0.05, 0) is 54.0 Å². The van der Waals surface area contributed by atoms with Gasteiger partial charge in [0.15, 0.2) is 0 Å². The van der Waals surface area contributed by atoms with E-state index in [1.165, 1.54) is 0 Å². The van der Waals surface area contributed by atoms with Gasteiger partial charge in [-0.1, -0.05) is 35.3 Å². The third-order valence-electron chi connectivity index (χ3n) is 3.42. The number of nitrogens with zero attached hydrogens (tertiary/aromatic N) is 2. The van der Waals surface area contributed by atoms with Gasteiger partial charge in [0.1, 0.15) is 0 Å². The predicted octanol–water partition coefficient (Wildman–Crippen LogP) is 5.43. The van der Waals surface area contributed by atoms with Crippen LogP contribution in [0.3, 0.4) is 0 Å². The van der Waals surface area contributed by atoms with Crippen molar-refractivity contribution in [3.05, 3.63) is 63.1 Å². The Morgan fingerprint density at radius 2 is 1.82 bits per heavy atom. The van der Waals surface area contributed by atoms with Crippen LogP contribution in [0.2, 0.25) is 10.0 Å². The first kappa shape index (κ1) is 16.4. The normalized spacial score (nSPS) is 11.2. The van der Waals surface area contributed by atoms with Crippen LogP contribution in [0.1, 0.15) is 16.7 Å². The molecule has 0 aliphatic carbocycles. The second kappa shape index (κ2) is 6.87. The number of aryl methyl sites for hydroxylation is 1. The molecule has 0 aliphatic rings. The van der Waals surface area contributed by atoms with E-state index in [2.05, 4.69) is 12.1 Å². The van der Waals surface area contributed by atoms with E-state index in [9.17, 15) is 5.26 Å². The maximum atomic E-state index is 9.43. The molecule has 0 saturated heterocycles. The quantitative estimate of drug-likeness (QED) is 0.554. The van der Waals surface area contributed by atoms with Crippen LogP contribution in [0.5, 0.6) is 0 Å². The first-order valence-corrected chi connectivity index (χ1v) is 7.53. The first-order valence-electron chi connectivity index (χ1n) is 6.77. The predicted molar refractivity (Wildman–Crippen MR) is 95.5 cm³/mol. The third-order valence-corrected chi connectivity index (χ3v) is 4.16. The summed E-state index contributed by atoms with van der Waals surface area (Å²) in [6, 6.07) is 13.6. The van der Waals surface area contributed by atoms with Gasteiger partial charge in [-0.15, -0.1) is 0 Å². The van der Waals surface area contributed by atoms with Crippen LogP contribution < -0.4 is 4.90 Å². The maximum absolute atomic E-state index is 9.43. The largest absolute Gasteiger partial charge is 0.378 e. The Morgan fingerprint density at radius 3 is 2.36 bits per heavy atom. The molecule has 0 spiro atoms. The molecule has 2 nitrogen and oxygen atoms in total. The van der Waals surface area contributed by atoms with E-state index in [1.807, 2.05) is 44.1 Å². The van der Waals surface area contributed by atoms with E-state index in [-0.39, 0.29) is 0 Å². The molecule has 2 rings (SSSR count). The van der Waals surface area contributed by atoms with E-state index >= 15 is 0 Å². The number of allylic oxidation sites excluding steroid dienone is 1. The van der Waals surface area contributed by atoms with Gasteiger partial charge in [-0.25, -0.2) is 0 Å². The summed E-state index contributed by atoms with van der Waals surface area (Å²) in [4.78, 5) is 2.05. The molecule has 0 amide bonds. The summed E-state index contributed by atoms with van der Waals surface area (Å²) >= 11 is 12.0. The van der Waals surface area contributed by atoms with Gasteiger partial charge in [-0.2, -0.15) is 5.26 Å². The number of anilines is 1. The zero-order chi connectivity index (χ0) is 16.3. The van der Waals surface area contributed by atoms with Crippen LogP contribution in [-0.4, -0.2) is 14.1 Å². The smallest absolute Gasteiger partial charge is 0.0998 e. The molecule has 4 heteroatoms. The van der Waals surface area contributed by atoms with E-state index in [0.29, 0.717) is 15.6 Å². The highest BCUT2D eigenvalue weighted by atomic mass is 35.5. The fourth-order valence-electron chi connectivity index (χ4n) is 2.10. The number of benzene rings is 2. The number of hydrogen-bond acceptors (Lipinski definition) is 2. The Labute approximate surface area is 141 Å². The topological polar surface area (TPSA) is 27.0 Å². The molecule has 0 unspecified atom stereocenters. The van der Waals surface area contributed by atoms with E-state index in [1.54, 1.807) is 18.2 Å². The molecule has 0 bridgehead atoms. The highest BCUT2D eigenvalue weighted by Gasteiger charge is 2.06. The molecular formula is C18H16Cl2N2. The van der Waals surface area contributed by atoms with Gasteiger partial charge in [-0.3, -0.25) is 0 Å². The molecule has 0 radical (unpaired) electrons. The molecule has 0 aromatic heterocycles. The van der Waals surface area contributed by atoms with Gasteiger partial charge in [0.05, 0.1) is 21.7 Å². The van der Waals surface area contributed by atoms with E-state index < -0.39 is 0 Å². The van der Waals surface area contributed by atoms with Gasteiger partial charge in [0.25, 0.3) is 0 Å². The lowest BCUT2D eigenvalue weighted by Gasteiger charge is -2.14. The van der Waals surface area contributed by atoms with Crippen LogP contribution in [0, 0.1) is 18.3 Å². The van der Waals surface area contributed by atoms with Crippen molar-refractivity contribution in [1.82, 2.24) is 0 Å². The summed E-state index contributed by atoms with van der Waals surface area (Å²) in [6.07, 6.45) is 1.87. The highest BCUT2D eigenvalue weighted by Crippen LogP contribution is 2.28. The van der Waals surface area contributed by atoms with Crippen molar-refractivity contribution in [3.63, 3.8) is 0 Å². The van der Waals surface area contributed by atoms with Crippen molar-refractivity contribution < 1.29 is 0 Å². The van der Waals surface area contributed by atoms with Crippen LogP contribution in [0.25, 0.3) is 11.6 Å². The van der Waals surface area contributed by atoms with Gasteiger partial charge in [0, 0.05) is 19.8 Å². The van der Waals surface area contributed by atoms with Crippen LogP contribution in [-0.2, 0) is 0 Å². The summed E-state index contributed by atoms with van der Waals surface area (Å²) in [6.45, 7) is 2.03. The second-order valence-corrected chi connectivity index (χ2v) is 6.05. The van der Waals surface area contributed by atoms with Gasteiger partial charge in [0.2, 0.25) is 0 Å². The van der Waals surface area contributed by atoms with Crippen molar-refractivity contribution in [2.24, 2.45) is 0 Å². The molecule has 0 saturated carbocycles. The van der Waals surface area contributed by atoms with Crippen LogP contribution in [0.4, 0.5) is 5.69 Å². The van der Waals surface area contributed by atoms with E-state index in [0.717, 1.165) is 22.4 Å². The summed E-state index contributed by atoms with van der Waals surface area (Å²) in [7, 11) is 4.00. The number of nitriles is 1. The first-order chi connectivity index (χ1) is 10.4. The number of halogens is 2. The molecule has 0 aliphatic heterocycles. The third kappa shape index (κ3) is 3.62. The van der Waals surface area contributed by atoms with Crippen molar-refractivity contribution >= 4 is 40.5 Å². The Balaban J connectivity index is 2.45. The molecule has 112 valence electrons. The molecule has 0 heterocycles. The fraction of sp³-hybridized carbons (Fsp3) is 0.167. The molecule has 22 heavy (non-hydrogen) atoms. The van der Waals surface area contributed by atoms with Gasteiger partial charge < -0.3 is 4.90 Å². The minimum atomic E-state index is 0.444. The second-order valence-electron chi connectivity index (χ2n) is 5.23. The lowest BCUT2D eigenvalue weighted by molar-refractivity contribution is 1.13. The zero-order valence-electron chi connectivity index (χ0n) is 12.7. The van der Waals surface area contributed by atoms with Gasteiger partial charge >= 0.3 is 0 Å². The molecule has 2 aromatic carbocycles. The maximum Gasteiger partial charge on any atom is 0.0998 e. The van der Waals surface area contributed by atoms with Crippen molar-refractivity contribution in [3.8, 4) is 6.07 Å². The molecular weight excluding hydrogens is 315 g/mol. The van der Waals surface area contributed by atoms with Crippen LogP contribution >= 0.6 is 23.2 Å². The van der Waals surface area contributed by atoms with E-state index in [4.69, 9.17) is 23.2 Å². The SMILES string of the molecule is Cc1cc(N(C)C)ccc1/C=C(\C#N)c1ccc(Cl)c(Cl)c1. The number of rotatable bonds is 3. The lowest BCUT2D eigenvalue weighted by atomic mass is 10.0. The average Bonchev–Trinajstić information content (AvgIpc) is 2.49. The fourth-order valence-corrected chi connectivity index (χ4v) is 2.40. The standard InChI is InChI=1S/C18H16Cl2N2/c1-12-8-16(22(2)3)6-4-13(12)9-15(11-21)14-5-7-17(19)18(20)10-14/h4-10H,1-3H3/b15-9+. The molecule has 2 aromatic rings. The summed E-state index contributed by atoms with van der Waals surface area (Å²) in [5.74, 6) is 0. The monoisotopic (exact) mass is 330 g/mol. The van der Waals surface area contributed by atoms with Crippen molar-refractivity contribution in [1.29, 1.82) is 5.26 Å². The lowest BCUT2D eigenvalue weighted by Crippen LogP contribution is -2.08. The van der Waals surface area contributed by atoms with Crippen molar-refractivity contribution in [2.75, 3.05) is 19.0 Å². The molecule has 0 atom stereocenters. The Hall–Kier alpha value is -1.95. The summed E-state index contributed by atoms with van der Waals surface area (Å²) < 4.78 is 0. The Kier molecular flexibility index (Phi) is 5.13. The Morgan fingerprint density at radius 1 is 1.09 bits per heavy atom. The highest BCUT2D eigenvalue weighted by molar-refractivity contribution is 6.42. The summed E-state index contributed by atoms with van der Waals surface area (Å²) in [5.41, 5.74) is 4.56. The average molecular weight is 331 g/mol. The Bertz CT molecular complexity index is 771. The molecule has 0 fully saturated rings. The van der Waals surface area contributed by atoms with Crippen molar-refractivity contribution in [2.45, 2.75) is 6.92 Å².